The molecule has 0 aromatic carbocycles. The zero-order chi connectivity index (χ0) is 97.6. The molecule has 1 unspecified atom stereocenters. The van der Waals surface area contributed by atoms with Crippen molar-refractivity contribution in [1.82, 2.24) is 49.8 Å². The number of fused-ring (bicyclic) bond motifs is 5. The molecule has 18 rings (SSSR count). The van der Waals surface area contributed by atoms with Gasteiger partial charge >= 0.3 is 11.9 Å². The molecule has 740 valence electrons. The highest BCUT2D eigenvalue weighted by Crippen LogP contribution is 2.57. The molecular weight excluding hydrogens is 1850 g/mol. The van der Waals surface area contributed by atoms with Gasteiger partial charge in [0.1, 0.15) is 162 Å². The Bertz CT molecular complexity index is 5190. The fourth-order valence-electron chi connectivity index (χ4n) is 17.1. The number of carbonyl (C=O) groups excluding carboxylic acids is 2. The van der Waals surface area contributed by atoms with E-state index in [9.17, 15) is 76.0 Å². The van der Waals surface area contributed by atoms with Crippen molar-refractivity contribution in [3.05, 3.63) is 87.2 Å². The van der Waals surface area contributed by atoms with Crippen LogP contribution in [0.1, 0.15) is 128 Å². The highest BCUT2D eigenvalue weighted by Gasteiger charge is 2.56. The Hall–Kier alpha value is -7.93. The minimum Gasteiger partial charge on any atom is -0.480 e. The number of ether oxygens (including phenoxy) is 8. The summed E-state index contributed by atoms with van der Waals surface area (Å²) in [5, 5.41) is 142. The van der Waals surface area contributed by atoms with E-state index in [4.69, 9.17) is 37.9 Å². The monoisotopic (exact) mass is 1980 g/mol. The second kappa shape index (κ2) is 43.4. The molecule has 0 spiro atoms. The molecule has 23 atom stereocenters. The minimum absolute atomic E-state index is 0.134. The number of hydrogen-bond acceptors (Lipinski definition) is 47. The van der Waals surface area contributed by atoms with E-state index < -0.39 is 123 Å². The number of thioether (sulfide) groups is 5. The van der Waals surface area contributed by atoms with Gasteiger partial charge in [0.2, 0.25) is 5.88 Å². The van der Waals surface area contributed by atoms with Crippen molar-refractivity contribution in [2.45, 2.75) is 293 Å². The Labute approximate surface area is 804 Å². The molecule has 135 heavy (non-hydrogen) atoms. The summed E-state index contributed by atoms with van der Waals surface area (Å²) in [5.41, 5.74) is 0. The molecule has 13 aliphatic rings. The predicted molar refractivity (Wildman–Crippen MR) is 505 cm³/mol. The van der Waals surface area contributed by atoms with Crippen molar-refractivity contribution >= 4 is 123 Å². The number of aliphatic hydroxyl groups excluding tert-OH is 13. The number of hydrogen-bond donors (Lipinski definition) is 15. The van der Waals surface area contributed by atoms with E-state index in [0.29, 0.717) is 106 Å². The molecule has 5 aromatic rings. The second-order valence-electron chi connectivity index (χ2n) is 35.7. The molecule has 5 aromatic heterocycles. The van der Waals surface area contributed by atoms with Crippen molar-refractivity contribution in [2.24, 2.45) is 23.7 Å². The summed E-state index contributed by atoms with van der Waals surface area (Å²) in [6.45, 7) is 41.2. The number of nitrogens with one attached hydrogen (secondary N) is 2. The van der Waals surface area contributed by atoms with Gasteiger partial charge in [0.25, 0.3) is 0 Å². The van der Waals surface area contributed by atoms with Crippen LogP contribution in [-0.2, 0) is 42.7 Å². The Kier molecular flexibility index (Phi) is 33.1. The molecule has 16 heterocycles. The van der Waals surface area contributed by atoms with Gasteiger partial charge in [0, 0.05) is 39.3 Å². The van der Waals surface area contributed by atoms with Crippen molar-refractivity contribution in [3.8, 4) is 5.88 Å². The van der Waals surface area contributed by atoms with Crippen molar-refractivity contribution in [2.75, 3.05) is 112 Å². The number of aryl methyl sites for hydroxylation is 5. The summed E-state index contributed by atoms with van der Waals surface area (Å²) in [6.07, 6.45) is -10.4. The Balaban J connectivity index is 0.000000136. The molecule has 2 saturated carbocycles. The van der Waals surface area contributed by atoms with E-state index in [2.05, 4.69) is 98.3 Å². The molecule has 42 nitrogen and oxygen atoms in total. The first kappa shape index (κ1) is 103. The maximum absolute atomic E-state index is 12.3. The van der Waals surface area contributed by atoms with Crippen LogP contribution in [-0.4, -0.2) is 330 Å². The molecule has 47 heteroatoms. The maximum Gasteiger partial charge on any atom is 0.309 e. The Morgan fingerprint density at radius 1 is 0.415 bits per heavy atom. The van der Waals surface area contributed by atoms with Crippen LogP contribution in [0.2, 0.25) is 0 Å². The lowest BCUT2D eigenvalue weighted by atomic mass is 9.94. The van der Waals surface area contributed by atoms with Crippen LogP contribution in [0.15, 0.2) is 82.5 Å². The van der Waals surface area contributed by atoms with E-state index in [-0.39, 0.29) is 68.6 Å². The van der Waals surface area contributed by atoms with E-state index in [1.807, 2.05) is 67.5 Å². The molecule has 6 saturated heterocycles. The van der Waals surface area contributed by atoms with Crippen molar-refractivity contribution < 1.29 is 114 Å². The highest BCUT2D eigenvalue weighted by molar-refractivity contribution is 8.05. The lowest BCUT2D eigenvalue weighted by Crippen LogP contribution is -2.42. The topological polar surface area (TPSA) is 547 Å². The molecule has 0 bridgehead atoms. The van der Waals surface area contributed by atoms with Gasteiger partial charge in [0.15, 0.2) is 60.2 Å². The third-order valence-corrected chi connectivity index (χ3v) is 30.5. The predicted octanol–water partition coefficient (Wildman–Crippen LogP) is 4.72. The SMILES string of the molecule is C=C1Sc2c(N(C)C)nc(C)nc2N1[C@@H]1O[C@H](COC(=O)[C@@H](C)C(C)CC)[C@@H](O)[C@H]1O.C=C1Sc2c(N3CCCC3)nc(C)nc2N1[C@@H]1O[C@H](CO)[C@@H](O)[C@H]1O.C=C1Sc2c(NC3CC3)nc(C)nc2N1[C@@H]1O[C@H](CO)[C@@H](O)[C@H]1O.C=C1Sc2c(NC3CCCC3)nc(C)nc2N1[C@@H]1O[C@H](CO)[C@@H](O)[C@H]1O.C=C1Sc2c(OC)nc(C)nc2N1[C@@H]1O[C@H](COC(=O)[C@@H](C)C(C)C)[C@@H](O)[C@H]1O. The van der Waals surface area contributed by atoms with Crippen LogP contribution in [0, 0.1) is 58.3 Å². The van der Waals surface area contributed by atoms with Crippen LogP contribution >= 0.6 is 58.8 Å². The molecule has 2 aliphatic carbocycles. The molecule has 11 aliphatic heterocycles. The van der Waals surface area contributed by atoms with Gasteiger partial charge in [-0.25, -0.2) is 44.9 Å². The Morgan fingerprint density at radius 2 is 0.726 bits per heavy atom. The van der Waals surface area contributed by atoms with Crippen molar-refractivity contribution in [3.63, 3.8) is 0 Å². The molecule has 15 N–H and O–H groups in total. The molecule has 0 amide bonds. The average Bonchev–Trinajstić information content (AvgIpc) is 1.61. The van der Waals surface area contributed by atoms with Gasteiger partial charge < -0.3 is 125 Å². The number of nitrogens with zero attached hydrogens (tertiary/aromatic N) is 17. The number of methoxy groups -OCH3 is 1. The van der Waals surface area contributed by atoms with E-state index in [0.717, 1.165) is 101 Å². The largest absolute Gasteiger partial charge is 0.480 e. The van der Waals surface area contributed by atoms with E-state index in [1.54, 1.807) is 52.2 Å². The lowest BCUT2D eigenvalue weighted by molar-refractivity contribution is -0.155. The number of aromatic nitrogens is 10. The van der Waals surface area contributed by atoms with E-state index in [1.165, 1.54) is 78.8 Å². The van der Waals surface area contributed by atoms with Gasteiger partial charge in [-0.15, -0.1) is 0 Å². The van der Waals surface area contributed by atoms with Crippen LogP contribution < -0.4 is 49.7 Å². The van der Waals surface area contributed by atoms with Gasteiger partial charge in [-0.1, -0.05) is 153 Å². The fourth-order valence-corrected chi connectivity index (χ4v) is 22.1. The zero-order valence-electron chi connectivity index (χ0n) is 77.9. The fraction of sp³-hybridized carbons (Fsp3) is 0.636. The summed E-state index contributed by atoms with van der Waals surface area (Å²) in [7, 11) is 5.30. The first-order chi connectivity index (χ1) is 64.2. The normalized spacial score (nSPS) is 29.9. The second-order valence-corrected chi connectivity index (χ2v) is 41.1. The van der Waals surface area contributed by atoms with Crippen LogP contribution in [0.5, 0.6) is 5.88 Å². The first-order valence-electron chi connectivity index (χ1n) is 45.2. The van der Waals surface area contributed by atoms with Crippen molar-refractivity contribution in [1.29, 1.82) is 0 Å². The Morgan fingerprint density at radius 3 is 1.09 bits per heavy atom. The summed E-state index contributed by atoms with van der Waals surface area (Å²) in [4.78, 5) is 85.9. The number of esters is 2. The summed E-state index contributed by atoms with van der Waals surface area (Å²) >= 11 is 6.97. The van der Waals surface area contributed by atoms with Crippen LogP contribution in [0.3, 0.4) is 0 Å². The smallest absolute Gasteiger partial charge is 0.309 e. The number of aliphatic hydroxyl groups is 13. The number of carbonyl (C=O) groups is 2. The van der Waals surface area contributed by atoms with Gasteiger partial charge in [0.05, 0.1) is 83.5 Å². The molecule has 8 fully saturated rings. The maximum atomic E-state index is 12.3. The highest BCUT2D eigenvalue weighted by atomic mass is 32.2. The summed E-state index contributed by atoms with van der Waals surface area (Å²) < 4.78 is 44.8. The van der Waals surface area contributed by atoms with Crippen LogP contribution in [0.25, 0.3) is 0 Å². The quantitative estimate of drug-likeness (QED) is 0.0372. The molecule has 0 radical (unpaired) electrons. The average molecular weight is 1980 g/mol. The zero-order valence-corrected chi connectivity index (χ0v) is 82.0. The third-order valence-electron chi connectivity index (χ3n) is 25.5. The lowest BCUT2D eigenvalue weighted by Gasteiger charge is -2.28. The summed E-state index contributed by atoms with van der Waals surface area (Å²) in [6, 6.07) is 0.852. The standard InChI is InChI=1S/C21H32N4O5S.C19H27N3O6S.C17H24N4O4S.C16H22N4O4S.C15H20N4O4S/c1-8-10(2)11(3)21(28)29-9-14-15(26)16(27)20(30-14)25-13(5)31-17-18(24(6)7)22-12(4)23-19(17)25;1-8(2)9(3)19(25)27-7-12-13(23)14(24)18(28-12)22-11(5)29-15-16(22)20-10(4)21-17(15)26-6;1-8-18-15(20-10-5-3-4-6-10)14-16(19-8)21(9(2)26-14)17-13(24)12(23)11(7-22)25-17;1-8-17-14(19-5-3-4-6-19)13-15(18-8)20(9(2)25-13)16-12(23)11(22)10(7-21)24-16;1-6-16-13(18-8-3-4-8)12-14(17-6)19(7(2)24-12)15-11(22)10(21)9(5-20)23-15/h10-11,14-16,20,26-27H,5,8-9H2,1-4,6-7H3;8-9,12-14,18,23-24H,5,7H2,1-4,6H3;10-13,17,22-24H,2-7H2,1H3,(H,18,19,20);10-12,16,21-23H,2-7H2,1H3;8-11,15,20-22H,2-5H2,1H3,(H,16,17,18)/t10?,11-,14+,15+,16+,20+;9-,12+,13+,14+,18+;11-,12-,13-,17-;10-,11-,12-,16-;9-,10-,11-,15-/m00111/s1. The van der Waals surface area contributed by atoms with Gasteiger partial charge in [-0.2, -0.15) is 4.98 Å². The first-order valence-corrected chi connectivity index (χ1v) is 49.3. The minimum atomic E-state index is -1.24. The van der Waals surface area contributed by atoms with E-state index >= 15 is 0 Å². The van der Waals surface area contributed by atoms with Gasteiger partial charge in [-0.3, -0.25) is 34.1 Å². The summed E-state index contributed by atoms with van der Waals surface area (Å²) in [5.74, 6) is 8.49. The third kappa shape index (κ3) is 21.4. The number of anilines is 9. The van der Waals surface area contributed by atoms with Crippen LogP contribution in [0.4, 0.5) is 52.4 Å². The molecular formula is C88H125N19O23S5. The van der Waals surface area contributed by atoms with Gasteiger partial charge in [-0.05, 0) is 85.0 Å². The number of rotatable bonds is 24.